The van der Waals surface area contributed by atoms with Crippen LogP contribution in [0.25, 0.3) is 0 Å². The van der Waals surface area contributed by atoms with E-state index in [1.54, 1.807) is 11.3 Å². The number of nitrogens with zero attached hydrogens (tertiary/aromatic N) is 3. The Bertz CT molecular complexity index is 526. The Morgan fingerprint density at radius 3 is 2.83 bits per heavy atom. The van der Waals surface area contributed by atoms with E-state index in [0.29, 0.717) is 5.92 Å². The van der Waals surface area contributed by atoms with Crippen LogP contribution in [0.1, 0.15) is 52.5 Å². The number of ether oxygens (including phenoxy) is 1. The van der Waals surface area contributed by atoms with Crippen molar-refractivity contribution in [2.24, 2.45) is 5.92 Å². The quantitative estimate of drug-likeness (QED) is 0.908. The molecule has 1 saturated heterocycles. The summed E-state index contributed by atoms with van der Waals surface area (Å²) >= 11 is 1.60. The zero-order valence-electron chi connectivity index (χ0n) is 14.8. The Kier molecular flexibility index (Phi) is 5.84. The van der Waals surface area contributed by atoms with Crippen molar-refractivity contribution in [1.29, 1.82) is 0 Å². The van der Waals surface area contributed by atoms with Gasteiger partial charge in [-0.1, -0.05) is 18.3 Å². The van der Waals surface area contributed by atoms with Gasteiger partial charge in [-0.15, -0.1) is 10.2 Å². The molecule has 6 nitrogen and oxygen atoms in total. The average Bonchev–Trinajstić information content (AvgIpc) is 2.93. The van der Waals surface area contributed by atoms with E-state index in [-0.39, 0.29) is 12.1 Å². The zero-order valence-corrected chi connectivity index (χ0v) is 15.6. The van der Waals surface area contributed by atoms with Crippen molar-refractivity contribution in [3.63, 3.8) is 0 Å². The molecule has 0 aliphatic carbocycles. The predicted octanol–water partition coefficient (Wildman–Crippen LogP) is 3.55. The molecule has 2 rings (SSSR count). The second kappa shape index (κ2) is 7.47. The van der Waals surface area contributed by atoms with Gasteiger partial charge in [-0.05, 0) is 52.9 Å². The number of carbonyl (C=O) groups is 1. The van der Waals surface area contributed by atoms with Gasteiger partial charge in [0.25, 0.3) is 0 Å². The van der Waals surface area contributed by atoms with Gasteiger partial charge < -0.3 is 15.0 Å². The summed E-state index contributed by atoms with van der Waals surface area (Å²) in [6.45, 7) is 11.4. The Morgan fingerprint density at radius 2 is 2.22 bits per heavy atom. The molecule has 0 saturated carbocycles. The van der Waals surface area contributed by atoms with E-state index in [2.05, 4.69) is 29.4 Å². The highest BCUT2D eigenvalue weighted by molar-refractivity contribution is 7.15. The third-order valence-corrected chi connectivity index (χ3v) is 4.94. The summed E-state index contributed by atoms with van der Waals surface area (Å²) in [7, 11) is 0. The van der Waals surface area contributed by atoms with E-state index in [4.69, 9.17) is 4.74 Å². The lowest BCUT2D eigenvalue weighted by Crippen LogP contribution is -2.46. The molecular formula is C16H28N4O2S. The first-order valence-electron chi connectivity index (χ1n) is 8.35. The highest BCUT2D eigenvalue weighted by Gasteiger charge is 2.30. The molecule has 1 amide bonds. The Balaban J connectivity index is 1.90. The molecule has 1 aliphatic rings. The van der Waals surface area contributed by atoms with Gasteiger partial charge in [0.1, 0.15) is 10.6 Å². The summed E-state index contributed by atoms with van der Waals surface area (Å²) in [6.07, 6.45) is 2.81. The number of likely N-dealkylation sites (tertiary alicyclic amines) is 1. The minimum atomic E-state index is -0.447. The second-order valence-electron chi connectivity index (χ2n) is 7.12. The van der Waals surface area contributed by atoms with Crippen LogP contribution in [0.15, 0.2) is 0 Å². The molecule has 1 aromatic rings. The van der Waals surface area contributed by atoms with Crippen LogP contribution >= 0.6 is 11.3 Å². The lowest BCUT2D eigenvalue weighted by Gasteiger charge is -2.36. The summed E-state index contributed by atoms with van der Waals surface area (Å²) in [4.78, 5) is 14.1. The van der Waals surface area contributed by atoms with Crippen LogP contribution in [0.5, 0.6) is 0 Å². The van der Waals surface area contributed by atoms with E-state index >= 15 is 0 Å². The zero-order chi connectivity index (χ0) is 17.0. The van der Waals surface area contributed by atoms with Gasteiger partial charge in [0, 0.05) is 19.1 Å². The topological polar surface area (TPSA) is 67.4 Å². The summed E-state index contributed by atoms with van der Waals surface area (Å²) in [5, 5.41) is 13.7. The van der Waals surface area contributed by atoms with Gasteiger partial charge in [0.05, 0.1) is 0 Å². The monoisotopic (exact) mass is 340 g/mol. The largest absolute Gasteiger partial charge is 0.444 e. The number of amides is 1. The molecule has 2 heterocycles. The maximum atomic E-state index is 12.2. The Labute approximate surface area is 142 Å². The fourth-order valence-electron chi connectivity index (χ4n) is 2.68. The number of carbonyl (C=O) groups excluding carboxylic acids is 1. The Morgan fingerprint density at radius 1 is 1.48 bits per heavy atom. The van der Waals surface area contributed by atoms with Crippen molar-refractivity contribution in [2.45, 2.75) is 65.5 Å². The van der Waals surface area contributed by atoms with Crippen molar-refractivity contribution in [2.75, 3.05) is 18.4 Å². The van der Waals surface area contributed by atoms with Gasteiger partial charge in [0.2, 0.25) is 5.13 Å². The number of aromatic nitrogens is 2. The molecule has 0 radical (unpaired) electrons. The standard InChI is InChI=1S/C16H28N4O2S/c1-6-13-18-19-14(23-13)17-11(2)12-8-7-9-20(10-12)15(21)22-16(3,4)5/h11-12H,6-10H2,1-5H3,(H,17,19). The van der Waals surface area contributed by atoms with E-state index in [1.165, 1.54) is 0 Å². The number of piperidine rings is 1. The summed E-state index contributed by atoms with van der Waals surface area (Å²) < 4.78 is 5.49. The number of nitrogens with one attached hydrogen (secondary N) is 1. The lowest BCUT2D eigenvalue weighted by atomic mass is 9.92. The van der Waals surface area contributed by atoms with Gasteiger partial charge >= 0.3 is 6.09 Å². The molecular weight excluding hydrogens is 312 g/mol. The molecule has 1 fully saturated rings. The normalized spacial score (nSPS) is 20.2. The van der Waals surface area contributed by atoms with Crippen LogP contribution < -0.4 is 5.32 Å². The molecule has 23 heavy (non-hydrogen) atoms. The second-order valence-corrected chi connectivity index (χ2v) is 8.18. The molecule has 7 heteroatoms. The fraction of sp³-hybridized carbons (Fsp3) is 0.812. The van der Waals surface area contributed by atoms with E-state index in [1.807, 2.05) is 25.7 Å². The van der Waals surface area contributed by atoms with Crippen LogP contribution in [0.4, 0.5) is 9.93 Å². The molecule has 1 N–H and O–H groups in total. The SMILES string of the molecule is CCc1nnc(NC(C)C2CCCN(C(=O)OC(C)(C)C)C2)s1. The van der Waals surface area contributed by atoms with Crippen LogP contribution in [0.3, 0.4) is 0 Å². The van der Waals surface area contributed by atoms with Crippen LogP contribution in [-0.4, -0.2) is 45.9 Å². The third kappa shape index (κ3) is 5.34. The first-order valence-corrected chi connectivity index (χ1v) is 9.17. The first-order chi connectivity index (χ1) is 10.8. The molecule has 1 aromatic heterocycles. The lowest BCUT2D eigenvalue weighted by molar-refractivity contribution is 0.0159. The van der Waals surface area contributed by atoms with E-state index < -0.39 is 5.60 Å². The Hall–Kier alpha value is -1.37. The predicted molar refractivity (Wildman–Crippen MR) is 92.9 cm³/mol. The molecule has 2 unspecified atom stereocenters. The summed E-state index contributed by atoms with van der Waals surface area (Å²) in [6, 6.07) is 0.248. The van der Waals surface area contributed by atoms with Gasteiger partial charge in [0.15, 0.2) is 0 Å². The van der Waals surface area contributed by atoms with Crippen LogP contribution in [-0.2, 0) is 11.2 Å². The summed E-state index contributed by atoms with van der Waals surface area (Å²) in [5.41, 5.74) is -0.447. The number of anilines is 1. The van der Waals surface area contributed by atoms with Crippen LogP contribution in [0, 0.1) is 5.92 Å². The fourth-order valence-corrected chi connectivity index (χ4v) is 3.45. The van der Waals surface area contributed by atoms with Crippen LogP contribution in [0.2, 0.25) is 0 Å². The minimum absolute atomic E-state index is 0.210. The molecule has 0 aromatic carbocycles. The minimum Gasteiger partial charge on any atom is -0.444 e. The molecule has 130 valence electrons. The number of rotatable bonds is 4. The third-order valence-electron chi connectivity index (χ3n) is 3.94. The van der Waals surface area contributed by atoms with Crippen molar-refractivity contribution in [3.05, 3.63) is 5.01 Å². The molecule has 0 bridgehead atoms. The first kappa shape index (κ1) is 18.0. The maximum Gasteiger partial charge on any atom is 0.410 e. The van der Waals surface area contributed by atoms with Crippen molar-refractivity contribution in [1.82, 2.24) is 15.1 Å². The van der Waals surface area contributed by atoms with Gasteiger partial charge in [-0.2, -0.15) is 0 Å². The number of hydrogen-bond acceptors (Lipinski definition) is 6. The highest BCUT2D eigenvalue weighted by atomic mass is 32.1. The van der Waals surface area contributed by atoms with Crippen molar-refractivity contribution >= 4 is 22.6 Å². The molecule has 2 atom stereocenters. The number of aryl methyl sites for hydroxylation is 1. The van der Waals surface area contributed by atoms with Crippen molar-refractivity contribution in [3.8, 4) is 0 Å². The van der Waals surface area contributed by atoms with Crippen molar-refractivity contribution < 1.29 is 9.53 Å². The maximum absolute atomic E-state index is 12.2. The van der Waals surface area contributed by atoms with Gasteiger partial charge in [-0.25, -0.2) is 4.79 Å². The smallest absolute Gasteiger partial charge is 0.410 e. The van der Waals surface area contributed by atoms with E-state index in [9.17, 15) is 4.79 Å². The number of hydrogen-bond donors (Lipinski definition) is 1. The highest BCUT2D eigenvalue weighted by Crippen LogP contribution is 2.25. The molecule has 1 aliphatic heterocycles. The van der Waals surface area contributed by atoms with E-state index in [0.717, 1.165) is 42.5 Å². The molecule has 0 spiro atoms. The summed E-state index contributed by atoms with van der Waals surface area (Å²) in [5.74, 6) is 0.394. The van der Waals surface area contributed by atoms with Gasteiger partial charge in [-0.3, -0.25) is 0 Å². The average molecular weight is 340 g/mol.